The fourth-order valence-electron chi connectivity index (χ4n) is 2.64. The highest BCUT2D eigenvalue weighted by molar-refractivity contribution is 5.85. The highest BCUT2D eigenvalue weighted by atomic mass is 16.5. The zero-order valence-electron chi connectivity index (χ0n) is 12.1. The van der Waals surface area contributed by atoms with Crippen LogP contribution in [0, 0.1) is 0 Å². The molecule has 1 N–H and O–H groups in total. The van der Waals surface area contributed by atoms with Crippen molar-refractivity contribution in [3.63, 3.8) is 0 Å². The minimum absolute atomic E-state index is 0.0211. The van der Waals surface area contributed by atoms with Crippen molar-refractivity contribution < 1.29 is 4.74 Å². The molecule has 1 aromatic carbocycles. The molecule has 0 aliphatic carbocycles. The standard InChI is InChI=1S/C17H17N3O/c1-18-16(14-8-5-9-20-17(14)21-2)15-11-19-10-12-6-3-4-7-13(12)15/h3-11,16,18H,1-2H3. The summed E-state index contributed by atoms with van der Waals surface area (Å²) < 4.78 is 5.39. The normalized spacial score (nSPS) is 12.3. The predicted molar refractivity (Wildman–Crippen MR) is 83.4 cm³/mol. The van der Waals surface area contributed by atoms with E-state index in [2.05, 4.69) is 27.4 Å². The molecule has 4 heteroatoms. The molecule has 0 amide bonds. The molecule has 1 unspecified atom stereocenters. The minimum Gasteiger partial charge on any atom is -0.481 e. The summed E-state index contributed by atoms with van der Waals surface area (Å²) in [5.41, 5.74) is 2.11. The summed E-state index contributed by atoms with van der Waals surface area (Å²) in [7, 11) is 3.57. The van der Waals surface area contributed by atoms with E-state index in [1.807, 2.05) is 43.7 Å². The smallest absolute Gasteiger partial charge is 0.218 e. The summed E-state index contributed by atoms with van der Waals surface area (Å²) in [6.07, 6.45) is 5.51. The zero-order valence-corrected chi connectivity index (χ0v) is 12.1. The molecule has 2 aromatic heterocycles. The van der Waals surface area contributed by atoms with Gasteiger partial charge in [-0.15, -0.1) is 0 Å². The molecule has 0 bridgehead atoms. The number of nitrogens with one attached hydrogen (secondary N) is 1. The van der Waals surface area contributed by atoms with E-state index >= 15 is 0 Å². The number of rotatable bonds is 4. The van der Waals surface area contributed by atoms with Crippen molar-refractivity contribution in [1.82, 2.24) is 15.3 Å². The van der Waals surface area contributed by atoms with Crippen molar-refractivity contribution in [3.8, 4) is 5.88 Å². The van der Waals surface area contributed by atoms with Gasteiger partial charge in [0.15, 0.2) is 0 Å². The van der Waals surface area contributed by atoms with Crippen LogP contribution in [-0.4, -0.2) is 24.1 Å². The van der Waals surface area contributed by atoms with Crippen LogP contribution in [0.2, 0.25) is 0 Å². The van der Waals surface area contributed by atoms with Gasteiger partial charge < -0.3 is 10.1 Å². The van der Waals surface area contributed by atoms with Crippen LogP contribution in [-0.2, 0) is 0 Å². The number of pyridine rings is 2. The van der Waals surface area contributed by atoms with Crippen molar-refractivity contribution in [3.05, 3.63) is 66.1 Å². The molecule has 0 aliphatic heterocycles. The molecular weight excluding hydrogens is 262 g/mol. The lowest BCUT2D eigenvalue weighted by molar-refractivity contribution is 0.388. The molecule has 21 heavy (non-hydrogen) atoms. The Kier molecular flexibility index (Phi) is 3.79. The third kappa shape index (κ3) is 2.45. The average molecular weight is 279 g/mol. The van der Waals surface area contributed by atoms with E-state index in [-0.39, 0.29) is 6.04 Å². The first-order valence-electron chi connectivity index (χ1n) is 6.84. The summed E-state index contributed by atoms with van der Waals surface area (Å²) in [6.45, 7) is 0. The molecule has 1 atom stereocenters. The maximum absolute atomic E-state index is 5.39. The van der Waals surface area contributed by atoms with Gasteiger partial charge in [0, 0.05) is 29.5 Å². The Morgan fingerprint density at radius 1 is 1.05 bits per heavy atom. The lowest BCUT2D eigenvalue weighted by Crippen LogP contribution is -2.19. The van der Waals surface area contributed by atoms with E-state index < -0.39 is 0 Å². The Balaban J connectivity index is 2.19. The molecule has 0 aliphatic rings. The van der Waals surface area contributed by atoms with E-state index in [1.165, 1.54) is 5.39 Å². The number of aromatic nitrogens is 2. The summed E-state index contributed by atoms with van der Waals surface area (Å²) >= 11 is 0. The van der Waals surface area contributed by atoms with Crippen LogP contribution in [0.25, 0.3) is 10.8 Å². The molecule has 0 saturated carbocycles. The van der Waals surface area contributed by atoms with Crippen LogP contribution >= 0.6 is 0 Å². The van der Waals surface area contributed by atoms with E-state index in [0.29, 0.717) is 5.88 Å². The molecular formula is C17H17N3O. The van der Waals surface area contributed by atoms with Crippen molar-refractivity contribution in [1.29, 1.82) is 0 Å². The third-order valence-electron chi connectivity index (χ3n) is 3.60. The van der Waals surface area contributed by atoms with Crippen molar-refractivity contribution in [2.75, 3.05) is 14.2 Å². The van der Waals surface area contributed by atoms with Gasteiger partial charge in [-0.2, -0.15) is 0 Å². The molecule has 2 heterocycles. The third-order valence-corrected chi connectivity index (χ3v) is 3.60. The first-order chi connectivity index (χ1) is 10.3. The van der Waals surface area contributed by atoms with Crippen LogP contribution in [0.15, 0.2) is 55.0 Å². The summed E-state index contributed by atoms with van der Waals surface area (Å²) in [5, 5.41) is 5.64. The fraction of sp³-hybridized carbons (Fsp3) is 0.176. The van der Waals surface area contributed by atoms with Crippen molar-refractivity contribution in [2.45, 2.75) is 6.04 Å². The van der Waals surface area contributed by atoms with Gasteiger partial charge in [0.2, 0.25) is 5.88 Å². The number of methoxy groups -OCH3 is 1. The molecule has 0 fully saturated rings. The molecule has 0 spiro atoms. The second kappa shape index (κ2) is 5.89. The number of hydrogen-bond acceptors (Lipinski definition) is 4. The van der Waals surface area contributed by atoms with Crippen LogP contribution in [0.4, 0.5) is 0 Å². The number of hydrogen-bond donors (Lipinski definition) is 1. The Bertz CT molecular complexity index is 752. The van der Waals surface area contributed by atoms with Crippen LogP contribution in [0.5, 0.6) is 5.88 Å². The van der Waals surface area contributed by atoms with Crippen LogP contribution in [0.1, 0.15) is 17.2 Å². The zero-order chi connectivity index (χ0) is 14.7. The molecule has 4 nitrogen and oxygen atoms in total. The highest BCUT2D eigenvalue weighted by Crippen LogP contribution is 2.31. The van der Waals surface area contributed by atoms with Gasteiger partial charge in [0.25, 0.3) is 0 Å². The first-order valence-corrected chi connectivity index (χ1v) is 6.84. The minimum atomic E-state index is -0.0211. The molecule has 3 rings (SSSR count). The maximum Gasteiger partial charge on any atom is 0.218 e. The maximum atomic E-state index is 5.39. The second-order valence-electron chi connectivity index (χ2n) is 4.77. The monoisotopic (exact) mass is 279 g/mol. The lowest BCUT2D eigenvalue weighted by Gasteiger charge is -2.20. The Hall–Kier alpha value is -2.46. The van der Waals surface area contributed by atoms with Gasteiger partial charge in [-0.1, -0.05) is 30.3 Å². The Morgan fingerprint density at radius 2 is 1.90 bits per heavy atom. The number of ether oxygens (including phenoxy) is 1. The highest BCUT2D eigenvalue weighted by Gasteiger charge is 2.19. The van der Waals surface area contributed by atoms with Gasteiger partial charge in [0.05, 0.1) is 13.2 Å². The largest absolute Gasteiger partial charge is 0.481 e. The number of nitrogens with zero attached hydrogens (tertiary/aromatic N) is 2. The first kappa shape index (κ1) is 13.5. The van der Waals surface area contributed by atoms with E-state index in [4.69, 9.17) is 4.74 Å². The summed E-state index contributed by atoms with van der Waals surface area (Å²) in [6, 6.07) is 12.2. The molecule has 3 aromatic rings. The molecule has 0 saturated heterocycles. The van der Waals surface area contributed by atoms with Gasteiger partial charge in [-0.3, -0.25) is 4.98 Å². The second-order valence-corrected chi connectivity index (χ2v) is 4.77. The van der Waals surface area contributed by atoms with Crippen molar-refractivity contribution in [2.24, 2.45) is 0 Å². The quantitative estimate of drug-likeness (QED) is 0.797. The van der Waals surface area contributed by atoms with E-state index in [9.17, 15) is 0 Å². The molecule has 106 valence electrons. The topological polar surface area (TPSA) is 47.0 Å². The molecule has 0 radical (unpaired) electrons. The van der Waals surface area contributed by atoms with E-state index in [0.717, 1.165) is 16.5 Å². The number of benzene rings is 1. The van der Waals surface area contributed by atoms with Crippen molar-refractivity contribution >= 4 is 10.8 Å². The Labute approximate surface area is 123 Å². The van der Waals surface area contributed by atoms with Gasteiger partial charge in [0.1, 0.15) is 0 Å². The Morgan fingerprint density at radius 3 is 2.71 bits per heavy atom. The average Bonchev–Trinajstić information content (AvgIpc) is 2.56. The predicted octanol–water partition coefficient (Wildman–Crippen LogP) is 2.95. The SMILES string of the molecule is CNC(c1cccnc1OC)c1cncc2ccccc12. The van der Waals surface area contributed by atoms with Crippen LogP contribution in [0.3, 0.4) is 0 Å². The van der Waals surface area contributed by atoms with Gasteiger partial charge >= 0.3 is 0 Å². The van der Waals surface area contributed by atoms with E-state index in [1.54, 1.807) is 13.3 Å². The van der Waals surface area contributed by atoms with Crippen LogP contribution < -0.4 is 10.1 Å². The lowest BCUT2D eigenvalue weighted by atomic mass is 9.96. The van der Waals surface area contributed by atoms with Gasteiger partial charge in [-0.25, -0.2) is 4.98 Å². The van der Waals surface area contributed by atoms with Gasteiger partial charge in [-0.05, 0) is 24.1 Å². The summed E-state index contributed by atoms with van der Waals surface area (Å²) in [4.78, 5) is 8.65. The fourth-order valence-corrected chi connectivity index (χ4v) is 2.64. The number of fused-ring (bicyclic) bond motifs is 1. The summed E-state index contributed by atoms with van der Waals surface area (Å²) in [5.74, 6) is 0.629.